The summed E-state index contributed by atoms with van der Waals surface area (Å²) in [6, 6.07) is 9.29. The summed E-state index contributed by atoms with van der Waals surface area (Å²) in [4.78, 5) is 13.1. The van der Waals surface area contributed by atoms with E-state index in [1.807, 2.05) is 30.3 Å². The van der Waals surface area contributed by atoms with Crippen molar-refractivity contribution >= 4 is 5.91 Å². The van der Waals surface area contributed by atoms with Crippen molar-refractivity contribution in [3.8, 4) is 23.6 Å². The van der Waals surface area contributed by atoms with Crippen LogP contribution < -0.4 is 9.47 Å². The first kappa shape index (κ1) is 13.7. The zero-order valence-corrected chi connectivity index (χ0v) is 10.8. The second-order valence-corrected chi connectivity index (χ2v) is 4.25. The summed E-state index contributed by atoms with van der Waals surface area (Å²) < 4.78 is 10.5. The van der Waals surface area contributed by atoms with Gasteiger partial charge in [-0.1, -0.05) is 6.07 Å². The minimum Gasteiger partial charge on any atom is -0.454 e. The van der Waals surface area contributed by atoms with E-state index in [0.29, 0.717) is 17.9 Å². The number of benzene rings is 1. The van der Waals surface area contributed by atoms with Crippen LogP contribution in [-0.2, 0) is 11.2 Å². The zero-order valence-electron chi connectivity index (χ0n) is 10.8. The molecule has 102 valence electrons. The van der Waals surface area contributed by atoms with Gasteiger partial charge in [0.2, 0.25) is 12.7 Å². The number of hydrogen-bond acceptors (Lipinski definition) is 5. The van der Waals surface area contributed by atoms with Crippen LogP contribution in [0, 0.1) is 22.7 Å². The van der Waals surface area contributed by atoms with E-state index in [1.54, 1.807) is 0 Å². The summed E-state index contributed by atoms with van der Waals surface area (Å²) in [5.74, 6) is 1.18. The van der Waals surface area contributed by atoms with Crippen LogP contribution in [0.15, 0.2) is 18.2 Å². The fourth-order valence-electron chi connectivity index (χ4n) is 1.91. The van der Waals surface area contributed by atoms with Crippen LogP contribution in [0.3, 0.4) is 0 Å². The van der Waals surface area contributed by atoms with Crippen LogP contribution in [-0.4, -0.2) is 30.7 Å². The molecule has 0 radical (unpaired) electrons. The van der Waals surface area contributed by atoms with Crippen molar-refractivity contribution in [3.63, 3.8) is 0 Å². The lowest BCUT2D eigenvalue weighted by Crippen LogP contribution is -2.31. The van der Waals surface area contributed by atoms with Crippen LogP contribution in [0.5, 0.6) is 11.5 Å². The smallest absolute Gasteiger partial charge is 0.231 e. The van der Waals surface area contributed by atoms with E-state index in [4.69, 9.17) is 20.0 Å². The maximum atomic E-state index is 11.9. The quantitative estimate of drug-likeness (QED) is 0.751. The number of aryl methyl sites for hydroxylation is 1. The highest BCUT2D eigenvalue weighted by atomic mass is 16.7. The molecule has 20 heavy (non-hydrogen) atoms. The van der Waals surface area contributed by atoms with Crippen LogP contribution in [0.1, 0.15) is 12.0 Å². The van der Waals surface area contributed by atoms with Gasteiger partial charge in [-0.3, -0.25) is 4.79 Å². The van der Waals surface area contributed by atoms with Gasteiger partial charge < -0.3 is 14.4 Å². The minimum atomic E-state index is -0.203. The minimum absolute atomic E-state index is 0.0620. The zero-order chi connectivity index (χ0) is 14.4. The summed E-state index contributed by atoms with van der Waals surface area (Å²) in [7, 11) is 0. The van der Waals surface area contributed by atoms with Gasteiger partial charge in [-0.15, -0.1) is 0 Å². The molecule has 0 spiro atoms. The van der Waals surface area contributed by atoms with Gasteiger partial charge in [-0.25, -0.2) is 0 Å². The Hall–Kier alpha value is -2.73. The summed E-state index contributed by atoms with van der Waals surface area (Å²) >= 11 is 0. The maximum Gasteiger partial charge on any atom is 0.231 e. The molecule has 1 heterocycles. The molecule has 1 aliphatic heterocycles. The average molecular weight is 271 g/mol. The molecule has 2 rings (SSSR count). The fraction of sp³-hybridized carbons (Fsp3) is 0.357. The Bertz CT molecular complexity index is 570. The molecule has 0 aromatic heterocycles. The molecule has 0 saturated carbocycles. The van der Waals surface area contributed by atoms with Crippen molar-refractivity contribution in [2.75, 3.05) is 19.9 Å². The highest BCUT2D eigenvalue weighted by Crippen LogP contribution is 2.32. The lowest BCUT2D eigenvalue weighted by molar-refractivity contribution is -0.130. The molecular formula is C14H13N3O3. The number of nitriles is 2. The van der Waals surface area contributed by atoms with E-state index in [2.05, 4.69) is 0 Å². The second-order valence-electron chi connectivity index (χ2n) is 4.25. The molecule has 6 nitrogen and oxygen atoms in total. The average Bonchev–Trinajstić information content (AvgIpc) is 2.92. The van der Waals surface area contributed by atoms with Gasteiger partial charge >= 0.3 is 0 Å². The highest BCUT2D eigenvalue weighted by Gasteiger charge is 2.15. The van der Waals surface area contributed by atoms with Crippen molar-refractivity contribution in [2.24, 2.45) is 0 Å². The number of rotatable bonds is 5. The Morgan fingerprint density at radius 2 is 1.90 bits per heavy atom. The first-order chi connectivity index (χ1) is 9.74. The molecule has 0 atom stereocenters. The van der Waals surface area contributed by atoms with E-state index >= 15 is 0 Å². The highest BCUT2D eigenvalue weighted by molar-refractivity contribution is 5.77. The Morgan fingerprint density at radius 1 is 1.20 bits per heavy atom. The maximum absolute atomic E-state index is 11.9. The van der Waals surface area contributed by atoms with Crippen molar-refractivity contribution < 1.29 is 14.3 Å². The van der Waals surface area contributed by atoms with Crippen LogP contribution in [0.2, 0.25) is 0 Å². The normalized spacial score (nSPS) is 11.5. The van der Waals surface area contributed by atoms with Crippen molar-refractivity contribution in [1.29, 1.82) is 10.5 Å². The monoisotopic (exact) mass is 271 g/mol. The number of nitrogens with zero attached hydrogens (tertiary/aromatic N) is 3. The summed E-state index contributed by atoms with van der Waals surface area (Å²) in [6.07, 6.45) is 0.784. The van der Waals surface area contributed by atoms with Gasteiger partial charge in [-0.05, 0) is 24.1 Å². The predicted molar refractivity (Wildman–Crippen MR) is 68.7 cm³/mol. The van der Waals surface area contributed by atoms with E-state index in [1.165, 1.54) is 4.90 Å². The SMILES string of the molecule is N#CCN(CC#N)C(=O)CCc1ccc2c(c1)OCO2. The topological polar surface area (TPSA) is 86.4 Å². The third-order valence-electron chi connectivity index (χ3n) is 2.94. The molecule has 6 heteroatoms. The molecule has 1 amide bonds. The number of hydrogen-bond donors (Lipinski definition) is 0. The molecule has 0 saturated heterocycles. The van der Waals surface area contributed by atoms with E-state index in [0.717, 1.165) is 5.56 Å². The number of ether oxygens (including phenoxy) is 2. The Labute approximate surface area is 116 Å². The summed E-state index contributed by atoms with van der Waals surface area (Å²) in [6.45, 7) is 0.0941. The molecule has 1 aromatic carbocycles. The van der Waals surface area contributed by atoms with Gasteiger partial charge in [0.1, 0.15) is 13.1 Å². The molecule has 0 N–H and O–H groups in total. The predicted octanol–water partition coefficient (Wildman–Crippen LogP) is 1.22. The molecule has 0 fully saturated rings. The Kier molecular flexibility index (Phi) is 4.41. The van der Waals surface area contributed by atoms with Crippen LogP contribution in [0.4, 0.5) is 0 Å². The van der Waals surface area contributed by atoms with Gasteiger partial charge in [-0.2, -0.15) is 10.5 Å². The van der Waals surface area contributed by atoms with Gasteiger partial charge in [0.25, 0.3) is 0 Å². The van der Waals surface area contributed by atoms with E-state index < -0.39 is 0 Å². The standard InChI is InChI=1S/C14H13N3O3/c15-5-7-17(8-6-16)14(18)4-2-11-1-3-12-13(9-11)20-10-19-12/h1,3,9H,2,4,7-8,10H2. The van der Waals surface area contributed by atoms with Crippen molar-refractivity contribution in [3.05, 3.63) is 23.8 Å². The molecule has 1 aromatic rings. The Balaban J connectivity index is 1.93. The van der Waals surface area contributed by atoms with Gasteiger partial charge in [0.15, 0.2) is 11.5 Å². The molecule has 0 bridgehead atoms. The number of fused-ring (bicyclic) bond motifs is 1. The summed E-state index contributed by atoms with van der Waals surface area (Å²) in [5.41, 5.74) is 0.955. The largest absolute Gasteiger partial charge is 0.454 e. The number of carbonyl (C=O) groups excluding carboxylic acids is 1. The molecule has 0 unspecified atom stereocenters. The summed E-state index contributed by atoms with van der Waals surface area (Å²) in [5, 5.41) is 17.2. The van der Waals surface area contributed by atoms with E-state index in [9.17, 15) is 4.79 Å². The molecular weight excluding hydrogens is 258 g/mol. The lowest BCUT2D eigenvalue weighted by Gasteiger charge is -2.15. The first-order valence-electron chi connectivity index (χ1n) is 6.15. The number of carbonyl (C=O) groups is 1. The van der Waals surface area contributed by atoms with Crippen LogP contribution >= 0.6 is 0 Å². The van der Waals surface area contributed by atoms with Crippen molar-refractivity contribution in [1.82, 2.24) is 4.90 Å². The van der Waals surface area contributed by atoms with Gasteiger partial charge in [0, 0.05) is 6.42 Å². The van der Waals surface area contributed by atoms with E-state index in [-0.39, 0.29) is 32.2 Å². The third-order valence-corrected chi connectivity index (χ3v) is 2.94. The fourth-order valence-corrected chi connectivity index (χ4v) is 1.91. The molecule has 0 aliphatic carbocycles. The second kappa shape index (κ2) is 6.44. The first-order valence-corrected chi connectivity index (χ1v) is 6.15. The lowest BCUT2D eigenvalue weighted by atomic mass is 10.1. The number of amides is 1. The molecule has 1 aliphatic rings. The Morgan fingerprint density at radius 3 is 2.60 bits per heavy atom. The third kappa shape index (κ3) is 3.18. The van der Waals surface area contributed by atoms with Crippen molar-refractivity contribution in [2.45, 2.75) is 12.8 Å². The van der Waals surface area contributed by atoms with Crippen LogP contribution in [0.25, 0.3) is 0 Å². The van der Waals surface area contributed by atoms with Gasteiger partial charge in [0.05, 0.1) is 12.1 Å².